The topological polar surface area (TPSA) is 73.5 Å². The van der Waals surface area contributed by atoms with E-state index in [1.54, 1.807) is 0 Å². The van der Waals surface area contributed by atoms with Crippen molar-refractivity contribution in [3.05, 3.63) is 35.4 Å². The zero-order chi connectivity index (χ0) is 16.8. The van der Waals surface area contributed by atoms with E-state index in [1.165, 1.54) is 11.1 Å². The second kappa shape index (κ2) is 7.95. The van der Waals surface area contributed by atoms with Gasteiger partial charge in [0.1, 0.15) is 6.04 Å². The number of hydrogen-bond acceptors (Lipinski definition) is 4. The molecule has 3 N–H and O–H groups in total. The molecule has 0 spiro atoms. The molecule has 1 saturated heterocycles. The Morgan fingerprint density at radius 1 is 1.25 bits per heavy atom. The van der Waals surface area contributed by atoms with E-state index < -0.39 is 0 Å². The van der Waals surface area contributed by atoms with Crippen LogP contribution in [0.3, 0.4) is 0 Å². The van der Waals surface area contributed by atoms with E-state index in [-0.39, 0.29) is 17.9 Å². The van der Waals surface area contributed by atoms with E-state index in [4.69, 9.17) is 0 Å². The standard InChI is InChI=1S/C18H22N4O2/c23-17-8-7-16(20-21-17)18(24)19-10-3-4-11-22-12-9-14-5-1-2-6-15(14)13-22/h1-2,5-6,16,20H,7-13H2,(H,19,24)(H,21,23). The molecule has 2 aliphatic rings. The Morgan fingerprint density at radius 3 is 2.88 bits per heavy atom. The normalized spacial score (nSPS) is 20.3. The maximum absolute atomic E-state index is 11.9. The predicted molar refractivity (Wildman–Crippen MR) is 90.5 cm³/mol. The summed E-state index contributed by atoms with van der Waals surface area (Å²) in [7, 11) is 0. The molecule has 2 heterocycles. The molecule has 0 bridgehead atoms. The van der Waals surface area contributed by atoms with Crippen molar-refractivity contribution in [2.45, 2.75) is 31.8 Å². The number of nitrogens with zero attached hydrogens (tertiary/aromatic N) is 1. The van der Waals surface area contributed by atoms with Crippen molar-refractivity contribution < 1.29 is 9.59 Å². The average molecular weight is 326 g/mol. The molecule has 1 aromatic rings. The van der Waals surface area contributed by atoms with Gasteiger partial charge < -0.3 is 5.32 Å². The third-order valence-electron chi connectivity index (χ3n) is 4.35. The number of fused-ring (bicyclic) bond motifs is 1. The van der Waals surface area contributed by atoms with E-state index in [0.29, 0.717) is 25.9 Å². The molecule has 24 heavy (non-hydrogen) atoms. The van der Waals surface area contributed by atoms with Crippen molar-refractivity contribution in [1.29, 1.82) is 0 Å². The molecule has 1 atom stereocenters. The van der Waals surface area contributed by atoms with Crippen LogP contribution >= 0.6 is 0 Å². The number of benzene rings is 1. The van der Waals surface area contributed by atoms with Crippen molar-refractivity contribution in [3.63, 3.8) is 0 Å². The lowest BCUT2D eigenvalue weighted by Gasteiger charge is -2.26. The van der Waals surface area contributed by atoms with Gasteiger partial charge in [-0.25, -0.2) is 5.43 Å². The maximum atomic E-state index is 11.9. The second-order valence-corrected chi connectivity index (χ2v) is 6.08. The van der Waals surface area contributed by atoms with Crippen LogP contribution in [-0.4, -0.2) is 42.4 Å². The molecule has 126 valence electrons. The Balaban J connectivity index is 1.38. The molecule has 0 aromatic heterocycles. The van der Waals surface area contributed by atoms with E-state index >= 15 is 0 Å². The van der Waals surface area contributed by atoms with Gasteiger partial charge in [0.2, 0.25) is 11.8 Å². The summed E-state index contributed by atoms with van der Waals surface area (Å²) in [6.45, 7) is 2.99. The van der Waals surface area contributed by atoms with Gasteiger partial charge in [0.15, 0.2) is 0 Å². The van der Waals surface area contributed by atoms with Crippen molar-refractivity contribution in [2.24, 2.45) is 0 Å². The van der Waals surface area contributed by atoms with E-state index in [0.717, 1.165) is 19.5 Å². The van der Waals surface area contributed by atoms with Crippen LogP contribution in [0.5, 0.6) is 0 Å². The number of hydrogen-bond donors (Lipinski definition) is 3. The summed E-state index contributed by atoms with van der Waals surface area (Å²) in [5, 5.41) is 2.78. The zero-order valence-corrected chi connectivity index (χ0v) is 13.6. The molecule has 0 aliphatic carbocycles. The molecule has 1 aromatic carbocycles. The minimum absolute atomic E-state index is 0.0815. The minimum Gasteiger partial charge on any atom is -0.344 e. The Morgan fingerprint density at radius 2 is 2.08 bits per heavy atom. The van der Waals surface area contributed by atoms with E-state index in [2.05, 4.69) is 57.2 Å². The van der Waals surface area contributed by atoms with Gasteiger partial charge in [-0.2, -0.15) is 0 Å². The second-order valence-electron chi connectivity index (χ2n) is 6.08. The summed E-state index contributed by atoms with van der Waals surface area (Å²) in [6.07, 6.45) is 1.94. The molecule has 6 nitrogen and oxygen atoms in total. The first kappa shape index (κ1) is 16.5. The first-order valence-electron chi connectivity index (χ1n) is 8.29. The van der Waals surface area contributed by atoms with Gasteiger partial charge in [-0.15, -0.1) is 0 Å². The summed E-state index contributed by atoms with van der Waals surface area (Å²) < 4.78 is 0. The van der Waals surface area contributed by atoms with Crippen molar-refractivity contribution in [3.8, 4) is 11.8 Å². The van der Waals surface area contributed by atoms with Gasteiger partial charge in [0.05, 0.1) is 13.1 Å². The lowest BCUT2D eigenvalue weighted by molar-refractivity contribution is -0.128. The van der Waals surface area contributed by atoms with Gasteiger partial charge in [-0.1, -0.05) is 36.1 Å². The highest BCUT2D eigenvalue weighted by Crippen LogP contribution is 2.17. The highest BCUT2D eigenvalue weighted by atomic mass is 16.2. The number of carbonyl (C=O) groups excluding carboxylic acids is 2. The lowest BCUT2D eigenvalue weighted by Crippen LogP contribution is -2.55. The van der Waals surface area contributed by atoms with Crippen LogP contribution in [0.2, 0.25) is 0 Å². The molecule has 1 fully saturated rings. The number of hydrazine groups is 1. The van der Waals surface area contributed by atoms with Gasteiger partial charge in [0.25, 0.3) is 0 Å². The lowest BCUT2D eigenvalue weighted by atomic mass is 10.0. The maximum Gasteiger partial charge on any atom is 0.239 e. The summed E-state index contributed by atoms with van der Waals surface area (Å²) in [5.41, 5.74) is 7.99. The molecular weight excluding hydrogens is 304 g/mol. The fraction of sp³-hybridized carbons (Fsp3) is 0.444. The smallest absolute Gasteiger partial charge is 0.239 e. The fourth-order valence-electron chi connectivity index (χ4n) is 2.95. The Labute approximate surface area is 142 Å². The molecule has 6 heteroatoms. The highest BCUT2D eigenvalue weighted by Gasteiger charge is 2.23. The van der Waals surface area contributed by atoms with Gasteiger partial charge >= 0.3 is 0 Å². The quantitative estimate of drug-likeness (QED) is 0.681. The van der Waals surface area contributed by atoms with E-state index in [9.17, 15) is 9.59 Å². The summed E-state index contributed by atoms with van der Waals surface area (Å²) in [4.78, 5) is 25.2. The average Bonchev–Trinajstić information content (AvgIpc) is 2.61. The van der Waals surface area contributed by atoms with Crippen molar-refractivity contribution >= 4 is 11.8 Å². The van der Waals surface area contributed by atoms with Crippen LogP contribution in [0, 0.1) is 11.8 Å². The SMILES string of the molecule is O=C1CCC(C(=O)NCC#CCN2CCc3ccccc3C2)NN1. The van der Waals surface area contributed by atoms with Crippen LogP contribution < -0.4 is 16.2 Å². The molecule has 3 rings (SSSR count). The molecule has 2 amide bonds. The summed E-state index contributed by atoms with van der Waals surface area (Å²) >= 11 is 0. The Hall–Kier alpha value is -2.36. The molecule has 0 saturated carbocycles. The molecule has 1 unspecified atom stereocenters. The molecular formula is C18H22N4O2. The van der Waals surface area contributed by atoms with Crippen molar-refractivity contribution in [2.75, 3.05) is 19.6 Å². The van der Waals surface area contributed by atoms with Gasteiger partial charge in [0, 0.05) is 19.5 Å². The minimum atomic E-state index is -0.372. The number of carbonyl (C=O) groups is 2. The summed E-state index contributed by atoms with van der Waals surface area (Å²) in [6, 6.07) is 8.15. The summed E-state index contributed by atoms with van der Waals surface area (Å²) in [5.74, 6) is 5.91. The largest absolute Gasteiger partial charge is 0.344 e. The van der Waals surface area contributed by atoms with Crippen LogP contribution in [-0.2, 0) is 22.6 Å². The highest BCUT2D eigenvalue weighted by molar-refractivity contribution is 5.85. The number of amides is 2. The zero-order valence-electron chi connectivity index (χ0n) is 13.6. The van der Waals surface area contributed by atoms with Crippen LogP contribution in [0.4, 0.5) is 0 Å². The Bertz CT molecular complexity index is 667. The van der Waals surface area contributed by atoms with Crippen LogP contribution in [0.15, 0.2) is 24.3 Å². The van der Waals surface area contributed by atoms with Crippen molar-refractivity contribution in [1.82, 2.24) is 21.1 Å². The first-order chi connectivity index (χ1) is 11.7. The fourth-order valence-corrected chi connectivity index (χ4v) is 2.95. The number of nitrogens with one attached hydrogen (secondary N) is 3. The third kappa shape index (κ3) is 4.34. The van der Waals surface area contributed by atoms with Gasteiger partial charge in [-0.05, 0) is 24.0 Å². The molecule has 2 aliphatic heterocycles. The first-order valence-corrected chi connectivity index (χ1v) is 8.29. The predicted octanol–water partition coefficient (Wildman–Crippen LogP) is -0.0525. The van der Waals surface area contributed by atoms with Crippen LogP contribution in [0.1, 0.15) is 24.0 Å². The van der Waals surface area contributed by atoms with Gasteiger partial charge in [-0.3, -0.25) is 19.9 Å². The van der Waals surface area contributed by atoms with E-state index in [1.807, 2.05) is 0 Å². The molecule has 0 radical (unpaired) electrons. The van der Waals surface area contributed by atoms with Crippen LogP contribution in [0.25, 0.3) is 0 Å². The monoisotopic (exact) mass is 326 g/mol. The Kier molecular flexibility index (Phi) is 5.47. The number of rotatable bonds is 3. The third-order valence-corrected chi connectivity index (χ3v) is 4.35.